The van der Waals surface area contributed by atoms with Crippen LogP contribution in [-0.2, 0) is 22.4 Å². The van der Waals surface area contributed by atoms with Gasteiger partial charge in [0.1, 0.15) is 11.9 Å². The molecular weight excluding hydrogens is 330 g/mol. The molecule has 0 radical (unpaired) electrons. The van der Waals surface area contributed by atoms with Crippen molar-refractivity contribution < 1.29 is 14.7 Å². The minimum absolute atomic E-state index is 0.00531. The number of pyridine rings is 1. The smallest absolute Gasteiger partial charge is 0.306 e. The van der Waals surface area contributed by atoms with Crippen molar-refractivity contribution in [1.82, 2.24) is 9.88 Å². The van der Waals surface area contributed by atoms with Crippen molar-refractivity contribution in [2.45, 2.75) is 51.0 Å². The fourth-order valence-corrected chi connectivity index (χ4v) is 3.80. The standard InChI is InChI=1S/C20H25N3O3/c1-2-17(13-18(24)25)23-12-10-15(20(23)26)5-3-7-16-9-8-14-6-4-11-21-19(14)22-16/h1,8-9,15,17H,3-7,10-13H2,(H,21,22)(H,24,25). The van der Waals surface area contributed by atoms with Crippen LogP contribution in [0.4, 0.5) is 5.82 Å². The molecule has 1 amide bonds. The summed E-state index contributed by atoms with van der Waals surface area (Å²) in [6.07, 6.45) is 10.7. The van der Waals surface area contributed by atoms with Crippen molar-refractivity contribution in [3.8, 4) is 12.3 Å². The number of aliphatic carboxylic acids is 1. The van der Waals surface area contributed by atoms with Crippen LogP contribution in [-0.4, -0.2) is 46.0 Å². The quantitative estimate of drug-likeness (QED) is 0.732. The molecule has 6 nitrogen and oxygen atoms in total. The Labute approximate surface area is 154 Å². The summed E-state index contributed by atoms with van der Waals surface area (Å²) < 4.78 is 0. The lowest BCUT2D eigenvalue weighted by Crippen LogP contribution is -2.38. The molecule has 1 fully saturated rings. The van der Waals surface area contributed by atoms with Crippen LogP contribution < -0.4 is 5.32 Å². The van der Waals surface area contributed by atoms with E-state index in [-0.39, 0.29) is 18.2 Å². The number of hydrogen-bond donors (Lipinski definition) is 2. The van der Waals surface area contributed by atoms with Gasteiger partial charge in [0.2, 0.25) is 5.91 Å². The zero-order valence-corrected chi connectivity index (χ0v) is 14.9. The van der Waals surface area contributed by atoms with Gasteiger partial charge >= 0.3 is 5.97 Å². The Kier molecular flexibility index (Phi) is 5.77. The van der Waals surface area contributed by atoms with Gasteiger partial charge in [-0.3, -0.25) is 9.59 Å². The summed E-state index contributed by atoms with van der Waals surface area (Å²) in [4.78, 5) is 29.7. The normalized spacial score (nSPS) is 20.2. The second kappa shape index (κ2) is 8.22. The fourth-order valence-electron chi connectivity index (χ4n) is 3.80. The number of carboxylic acid groups (broad SMARTS) is 1. The van der Waals surface area contributed by atoms with Gasteiger partial charge in [0.15, 0.2) is 0 Å². The number of nitrogens with one attached hydrogen (secondary N) is 1. The highest BCUT2D eigenvalue weighted by atomic mass is 16.4. The molecular formula is C20H25N3O3. The number of likely N-dealkylation sites (tertiary alicyclic amines) is 1. The number of nitrogens with zero attached hydrogens (tertiary/aromatic N) is 2. The number of carbonyl (C=O) groups excluding carboxylic acids is 1. The van der Waals surface area contributed by atoms with Crippen molar-refractivity contribution >= 4 is 17.7 Å². The van der Waals surface area contributed by atoms with E-state index in [1.165, 1.54) is 5.56 Å². The maximum atomic E-state index is 12.5. The Morgan fingerprint density at radius 2 is 2.35 bits per heavy atom. The maximum absolute atomic E-state index is 12.5. The number of carbonyl (C=O) groups is 2. The summed E-state index contributed by atoms with van der Waals surface area (Å²) in [5.74, 6) is 2.41. The molecule has 2 unspecified atom stereocenters. The molecule has 2 atom stereocenters. The largest absolute Gasteiger partial charge is 0.481 e. The molecule has 2 aliphatic heterocycles. The Morgan fingerprint density at radius 1 is 1.50 bits per heavy atom. The summed E-state index contributed by atoms with van der Waals surface area (Å²) in [6, 6.07) is 3.59. The highest BCUT2D eigenvalue weighted by Gasteiger charge is 2.35. The molecule has 2 aliphatic rings. The van der Waals surface area contributed by atoms with Gasteiger partial charge in [-0.05, 0) is 50.2 Å². The lowest BCUT2D eigenvalue weighted by Gasteiger charge is -2.22. The van der Waals surface area contributed by atoms with E-state index in [0.29, 0.717) is 6.54 Å². The first-order chi connectivity index (χ1) is 12.6. The van der Waals surface area contributed by atoms with Crippen LogP contribution in [0.2, 0.25) is 0 Å². The van der Waals surface area contributed by atoms with Crippen molar-refractivity contribution in [1.29, 1.82) is 0 Å². The van der Waals surface area contributed by atoms with E-state index < -0.39 is 12.0 Å². The van der Waals surface area contributed by atoms with Crippen molar-refractivity contribution in [2.75, 3.05) is 18.4 Å². The Hall–Kier alpha value is -2.55. The molecule has 1 aromatic rings. The number of aromatic nitrogens is 1. The first-order valence-electron chi connectivity index (χ1n) is 9.29. The summed E-state index contributed by atoms with van der Waals surface area (Å²) >= 11 is 0. The lowest BCUT2D eigenvalue weighted by atomic mass is 9.99. The molecule has 2 N–H and O–H groups in total. The van der Waals surface area contributed by atoms with E-state index in [1.54, 1.807) is 4.90 Å². The first kappa shape index (κ1) is 18.2. The number of fused-ring (bicyclic) bond motifs is 1. The minimum atomic E-state index is -0.976. The van der Waals surface area contributed by atoms with Crippen LogP contribution in [0.25, 0.3) is 0 Å². The minimum Gasteiger partial charge on any atom is -0.481 e. The number of aryl methyl sites for hydroxylation is 2. The number of rotatable bonds is 7. The molecule has 138 valence electrons. The lowest BCUT2D eigenvalue weighted by molar-refractivity contribution is -0.139. The van der Waals surface area contributed by atoms with Crippen LogP contribution in [0, 0.1) is 18.3 Å². The summed E-state index contributed by atoms with van der Waals surface area (Å²) in [5.41, 5.74) is 2.33. The van der Waals surface area contributed by atoms with Gasteiger partial charge in [-0.25, -0.2) is 4.98 Å². The molecule has 0 spiro atoms. The Balaban J connectivity index is 1.50. The highest BCUT2D eigenvalue weighted by Crippen LogP contribution is 2.26. The Bertz CT molecular complexity index is 726. The predicted molar refractivity (Wildman–Crippen MR) is 98.7 cm³/mol. The first-order valence-corrected chi connectivity index (χ1v) is 9.29. The van der Waals surface area contributed by atoms with Crippen molar-refractivity contribution in [3.05, 3.63) is 23.4 Å². The molecule has 1 aromatic heterocycles. The van der Waals surface area contributed by atoms with Crippen molar-refractivity contribution in [3.63, 3.8) is 0 Å². The zero-order valence-electron chi connectivity index (χ0n) is 14.9. The second-order valence-electron chi connectivity index (χ2n) is 7.03. The van der Waals surface area contributed by atoms with Crippen LogP contribution >= 0.6 is 0 Å². The van der Waals surface area contributed by atoms with E-state index in [9.17, 15) is 9.59 Å². The molecule has 26 heavy (non-hydrogen) atoms. The van der Waals surface area contributed by atoms with Crippen LogP contribution in [0.1, 0.15) is 43.4 Å². The van der Waals surface area contributed by atoms with E-state index >= 15 is 0 Å². The zero-order chi connectivity index (χ0) is 18.5. The van der Waals surface area contributed by atoms with Crippen LogP contribution in [0.3, 0.4) is 0 Å². The van der Waals surface area contributed by atoms with E-state index in [4.69, 9.17) is 11.5 Å². The monoisotopic (exact) mass is 355 g/mol. The van der Waals surface area contributed by atoms with Gasteiger partial charge in [-0.15, -0.1) is 6.42 Å². The number of terminal acetylenes is 1. The van der Waals surface area contributed by atoms with Gasteiger partial charge in [-0.1, -0.05) is 12.0 Å². The van der Waals surface area contributed by atoms with Gasteiger partial charge in [-0.2, -0.15) is 0 Å². The summed E-state index contributed by atoms with van der Waals surface area (Å²) in [6.45, 7) is 1.52. The molecule has 0 aliphatic carbocycles. The topological polar surface area (TPSA) is 82.5 Å². The van der Waals surface area contributed by atoms with Crippen LogP contribution in [0.15, 0.2) is 12.1 Å². The van der Waals surface area contributed by atoms with E-state index in [1.807, 2.05) is 0 Å². The van der Waals surface area contributed by atoms with Gasteiger partial charge in [0.05, 0.1) is 6.42 Å². The third kappa shape index (κ3) is 4.16. The number of hydrogen-bond acceptors (Lipinski definition) is 4. The van der Waals surface area contributed by atoms with E-state index in [0.717, 1.165) is 56.6 Å². The van der Waals surface area contributed by atoms with Crippen molar-refractivity contribution in [2.24, 2.45) is 5.92 Å². The third-order valence-corrected chi connectivity index (χ3v) is 5.22. The number of amides is 1. The number of carboxylic acids is 1. The van der Waals surface area contributed by atoms with Gasteiger partial charge in [0, 0.05) is 24.7 Å². The third-order valence-electron chi connectivity index (χ3n) is 5.22. The second-order valence-corrected chi connectivity index (χ2v) is 7.03. The molecule has 3 rings (SSSR count). The highest BCUT2D eigenvalue weighted by molar-refractivity contribution is 5.82. The summed E-state index contributed by atoms with van der Waals surface area (Å²) in [5, 5.41) is 12.3. The average Bonchev–Trinajstić information content (AvgIpc) is 3.00. The summed E-state index contributed by atoms with van der Waals surface area (Å²) in [7, 11) is 0. The molecule has 0 aromatic carbocycles. The fraction of sp³-hybridized carbons (Fsp3) is 0.550. The predicted octanol–water partition coefficient (Wildman–Crippen LogP) is 2.09. The molecule has 0 bridgehead atoms. The average molecular weight is 355 g/mol. The molecule has 3 heterocycles. The van der Waals surface area contributed by atoms with Gasteiger partial charge < -0.3 is 15.3 Å². The molecule has 6 heteroatoms. The SMILES string of the molecule is C#CC(CC(=O)O)N1CCC(CCCc2ccc3c(n2)NCCC3)C1=O. The molecule has 1 saturated heterocycles. The van der Waals surface area contributed by atoms with Gasteiger partial charge in [0.25, 0.3) is 0 Å². The van der Waals surface area contributed by atoms with E-state index in [2.05, 4.69) is 28.4 Å². The Morgan fingerprint density at radius 3 is 3.12 bits per heavy atom. The molecule has 0 saturated carbocycles. The number of anilines is 1. The maximum Gasteiger partial charge on any atom is 0.306 e. The van der Waals surface area contributed by atoms with Crippen LogP contribution in [0.5, 0.6) is 0 Å².